The molecular weight excluding hydrogens is 664 g/mol. The van der Waals surface area contributed by atoms with Crippen molar-refractivity contribution in [2.75, 3.05) is 48.0 Å². The average molecular weight is 727 g/mol. The molecule has 2 rings (SSSR count). The molecule has 0 aliphatic carbocycles. The molecule has 290 valence electrons. The Morgan fingerprint density at radius 3 is 2.06 bits per heavy atom. The van der Waals surface area contributed by atoms with Crippen molar-refractivity contribution in [3.63, 3.8) is 0 Å². The molecule has 1 N–H and O–H groups in total. The van der Waals surface area contributed by atoms with Gasteiger partial charge in [-0.3, -0.25) is 9.63 Å². The number of amides is 1. The van der Waals surface area contributed by atoms with Gasteiger partial charge in [0.15, 0.2) is 11.5 Å². The molecule has 0 radical (unpaired) electrons. The highest BCUT2D eigenvalue weighted by atomic mass is 17.0. The van der Waals surface area contributed by atoms with Crippen molar-refractivity contribution in [1.29, 1.82) is 5.26 Å². The third-order valence-electron chi connectivity index (χ3n) is 9.48. The van der Waals surface area contributed by atoms with E-state index in [1.807, 2.05) is 31.3 Å². The maximum atomic E-state index is 11.3. The van der Waals surface area contributed by atoms with Gasteiger partial charge < -0.3 is 29.2 Å². The summed E-state index contributed by atoms with van der Waals surface area (Å²) in [5.41, 5.74) is 1.03. The monoisotopic (exact) mass is 726 g/mol. The van der Waals surface area contributed by atoms with Crippen molar-refractivity contribution in [3.8, 4) is 29.1 Å². The smallest absolute Gasteiger partial charge is 0.298 e. The minimum Gasteiger partial charge on any atom is -0.493 e. The second-order valence-corrected chi connectivity index (χ2v) is 13.5. The second-order valence-electron chi connectivity index (χ2n) is 13.5. The van der Waals surface area contributed by atoms with Crippen LogP contribution < -0.4 is 24.3 Å². The van der Waals surface area contributed by atoms with Gasteiger partial charge in [-0.05, 0) is 68.6 Å². The van der Waals surface area contributed by atoms with E-state index in [1.54, 1.807) is 33.5 Å². The minimum atomic E-state index is -1.16. The summed E-state index contributed by atoms with van der Waals surface area (Å²) in [6.45, 7) is 5.27. The predicted molar refractivity (Wildman–Crippen MR) is 203 cm³/mol. The molecule has 12 heteroatoms. The quantitative estimate of drug-likeness (QED) is 0.0377. The number of carbonyl (C=O) groups excluding carboxylic acids is 1. The fourth-order valence-electron chi connectivity index (χ4n) is 6.50. The Hall–Kier alpha value is -4.24. The zero-order valence-corrected chi connectivity index (χ0v) is 32.4. The zero-order valence-electron chi connectivity index (χ0n) is 32.4. The number of methoxy groups -OCH3 is 3. The Labute approximate surface area is 311 Å². The molecule has 0 fully saturated rings. The van der Waals surface area contributed by atoms with Gasteiger partial charge in [0.1, 0.15) is 5.75 Å². The van der Waals surface area contributed by atoms with Crippen LogP contribution >= 0.6 is 0 Å². The number of carbonyl (C=O) groups is 1. The fraction of sp³-hybridized carbons (Fsp3) is 0.650. The number of nitriles is 1. The van der Waals surface area contributed by atoms with Crippen LogP contribution in [0.1, 0.15) is 115 Å². The Balaban J connectivity index is 2.09. The van der Waals surface area contributed by atoms with Crippen LogP contribution in [0.25, 0.3) is 0 Å². The standard InChI is InChI=1S/C40H62N4O8/c1-7-8-9-10-11-12-13-14-15-18-24-40(31-41,34-29-36(48-4)39(50-6)37(30-34)49-5)25-19-27-43(3)28-23-33-20-16-17-21-35(33)51-38(52-44(46)47)22-26-42-32(2)45/h16-17,20-21,29-30,38H,7-15,18-19,22-28H2,1-6H3,(H,42,45). The van der Waals surface area contributed by atoms with E-state index in [4.69, 9.17) is 23.8 Å². The van der Waals surface area contributed by atoms with Crippen LogP contribution in [0.15, 0.2) is 36.4 Å². The summed E-state index contributed by atoms with van der Waals surface area (Å²) in [5, 5.41) is 23.6. The van der Waals surface area contributed by atoms with Gasteiger partial charge in [-0.1, -0.05) is 89.3 Å². The van der Waals surface area contributed by atoms with Crippen molar-refractivity contribution in [2.24, 2.45) is 0 Å². The summed E-state index contributed by atoms with van der Waals surface area (Å²) in [5.74, 6) is 1.84. The Kier molecular flexibility index (Phi) is 21.0. The van der Waals surface area contributed by atoms with Gasteiger partial charge in [-0.15, -0.1) is 10.1 Å². The number of benzene rings is 2. The van der Waals surface area contributed by atoms with Crippen LogP contribution in [0, 0.1) is 21.4 Å². The van der Waals surface area contributed by atoms with Crippen LogP contribution in [-0.4, -0.2) is 70.2 Å². The maximum absolute atomic E-state index is 11.3. The third-order valence-corrected chi connectivity index (χ3v) is 9.48. The van der Waals surface area contributed by atoms with Crippen LogP contribution in [0.2, 0.25) is 0 Å². The fourth-order valence-corrected chi connectivity index (χ4v) is 6.50. The van der Waals surface area contributed by atoms with E-state index in [9.17, 15) is 20.2 Å². The first kappa shape index (κ1) is 43.9. The van der Waals surface area contributed by atoms with Gasteiger partial charge in [0.25, 0.3) is 5.09 Å². The van der Waals surface area contributed by atoms with E-state index in [-0.39, 0.29) is 18.9 Å². The zero-order chi connectivity index (χ0) is 38.2. The van der Waals surface area contributed by atoms with E-state index in [0.29, 0.717) is 42.4 Å². The molecule has 52 heavy (non-hydrogen) atoms. The molecule has 0 aliphatic rings. The molecule has 2 aromatic carbocycles. The number of nitrogens with zero attached hydrogens (tertiary/aromatic N) is 3. The van der Waals surface area contributed by atoms with Crippen molar-refractivity contribution >= 4 is 5.91 Å². The number of para-hydroxylation sites is 1. The molecule has 0 aliphatic heterocycles. The van der Waals surface area contributed by atoms with Crippen LogP contribution in [-0.2, 0) is 21.5 Å². The van der Waals surface area contributed by atoms with E-state index in [1.165, 1.54) is 58.3 Å². The van der Waals surface area contributed by atoms with E-state index in [0.717, 1.165) is 43.4 Å². The molecule has 0 bridgehead atoms. The van der Waals surface area contributed by atoms with Gasteiger partial charge in [-0.2, -0.15) is 5.26 Å². The van der Waals surface area contributed by atoms with Crippen LogP contribution in [0.3, 0.4) is 0 Å². The number of ether oxygens (including phenoxy) is 4. The molecular formula is C40H62N4O8. The highest BCUT2D eigenvalue weighted by molar-refractivity contribution is 5.72. The molecule has 2 atom stereocenters. The number of nitrogens with one attached hydrogen (secondary N) is 1. The summed E-state index contributed by atoms with van der Waals surface area (Å²) in [6, 6.07) is 14.0. The summed E-state index contributed by atoms with van der Waals surface area (Å²) >= 11 is 0. The Morgan fingerprint density at radius 2 is 1.50 bits per heavy atom. The van der Waals surface area contributed by atoms with Gasteiger partial charge >= 0.3 is 0 Å². The predicted octanol–water partition coefficient (Wildman–Crippen LogP) is 8.18. The Morgan fingerprint density at radius 1 is 0.904 bits per heavy atom. The van der Waals surface area contributed by atoms with Crippen LogP contribution in [0.5, 0.6) is 23.0 Å². The number of likely N-dealkylation sites (N-methyl/N-ethyl adjacent to an activating group) is 1. The highest BCUT2D eigenvalue weighted by Gasteiger charge is 2.34. The average Bonchev–Trinajstić information content (AvgIpc) is 3.13. The van der Waals surface area contributed by atoms with E-state index >= 15 is 0 Å². The van der Waals surface area contributed by atoms with Gasteiger partial charge in [0.05, 0.1) is 32.8 Å². The maximum Gasteiger partial charge on any atom is 0.298 e. The van der Waals surface area contributed by atoms with Crippen molar-refractivity contribution < 1.29 is 33.7 Å². The number of unbranched alkanes of at least 4 members (excludes halogenated alkanes) is 9. The van der Waals surface area contributed by atoms with Gasteiger partial charge in [0, 0.05) is 26.4 Å². The third kappa shape index (κ3) is 15.6. The first-order valence-corrected chi connectivity index (χ1v) is 18.8. The SMILES string of the molecule is CCCCCCCCCCCCC(C#N)(CCCN(C)CCc1ccccc1OC(CCNC(C)=O)O[N+](=O)[O-])c1cc(OC)c(OC)c(OC)c1. The van der Waals surface area contributed by atoms with Gasteiger partial charge in [-0.25, -0.2) is 0 Å². The summed E-state index contributed by atoms with van der Waals surface area (Å²) in [4.78, 5) is 29.3. The highest BCUT2D eigenvalue weighted by Crippen LogP contribution is 2.44. The first-order chi connectivity index (χ1) is 25.1. The van der Waals surface area contributed by atoms with E-state index in [2.05, 4.69) is 23.2 Å². The number of hydrogen-bond donors (Lipinski definition) is 1. The molecule has 12 nitrogen and oxygen atoms in total. The van der Waals surface area contributed by atoms with Crippen molar-refractivity contribution in [1.82, 2.24) is 10.2 Å². The lowest BCUT2D eigenvalue weighted by atomic mass is 9.73. The lowest BCUT2D eigenvalue weighted by molar-refractivity contribution is -0.778. The molecule has 2 unspecified atom stereocenters. The first-order valence-electron chi connectivity index (χ1n) is 18.8. The summed E-state index contributed by atoms with van der Waals surface area (Å²) in [6.07, 6.45) is 14.0. The van der Waals surface area contributed by atoms with Crippen molar-refractivity contribution in [2.45, 2.75) is 122 Å². The summed E-state index contributed by atoms with van der Waals surface area (Å²) in [7, 11) is 6.81. The normalized spacial score (nSPS) is 12.7. The van der Waals surface area contributed by atoms with Crippen LogP contribution in [0.4, 0.5) is 0 Å². The lowest BCUT2D eigenvalue weighted by Gasteiger charge is -2.30. The molecule has 0 spiro atoms. The lowest BCUT2D eigenvalue weighted by Crippen LogP contribution is -2.31. The van der Waals surface area contributed by atoms with Gasteiger partial charge in [0.2, 0.25) is 17.9 Å². The molecule has 2 aromatic rings. The number of hydrogen-bond acceptors (Lipinski definition) is 10. The molecule has 1 amide bonds. The minimum absolute atomic E-state index is 0.112. The summed E-state index contributed by atoms with van der Waals surface area (Å²) < 4.78 is 22.8. The molecule has 0 aromatic heterocycles. The topological polar surface area (TPSA) is 145 Å². The molecule has 0 heterocycles. The molecule has 0 saturated heterocycles. The largest absolute Gasteiger partial charge is 0.493 e. The second kappa shape index (κ2) is 24.9. The molecule has 0 saturated carbocycles. The van der Waals surface area contributed by atoms with Crippen molar-refractivity contribution in [3.05, 3.63) is 57.6 Å². The van der Waals surface area contributed by atoms with E-state index < -0.39 is 16.8 Å². The Bertz CT molecular complexity index is 1360. The number of rotatable bonds is 29.